The highest BCUT2D eigenvalue weighted by Gasteiger charge is 2.41. The molecule has 0 bridgehead atoms. The van der Waals surface area contributed by atoms with Gasteiger partial charge in [-0.05, 0) is 42.7 Å². The fourth-order valence-corrected chi connectivity index (χ4v) is 6.09. The summed E-state index contributed by atoms with van der Waals surface area (Å²) in [5.74, 6) is 0.936. The monoisotopic (exact) mass is 458 g/mol. The summed E-state index contributed by atoms with van der Waals surface area (Å²) in [6.07, 6.45) is 15.2. The number of hydrogen-bond acceptors (Lipinski definition) is 6. The van der Waals surface area contributed by atoms with E-state index < -0.39 is 0 Å². The molecule has 5 heterocycles. The largest absolute Gasteiger partial charge is 0.342 e. The molecule has 4 aromatic heterocycles. The molecule has 6 rings (SSSR count). The molecule has 1 fully saturated rings. The van der Waals surface area contributed by atoms with Crippen LogP contribution >= 0.6 is 23.4 Å². The molecule has 1 aliphatic carbocycles. The van der Waals surface area contributed by atoms with Crippen LogP contribution in [0.5, 0.6) is 0 Å². The van der Waals surface area contributed by atoms with Gasteiger partial charge in [0.05, 0.1) is 9.92 Å². The van der Waals surface area contributed by atoms with Crippen molar-refractivity contribution in [1.82, 2.24) is 24.3 Å². The minimum absolute atomic E-state index is 0.267. The lowest BCUT2D eigenvalue weighted by Crippen LogP contribution is -2.42. The van der Waals surface area contributed by atoms with Crippen molar-refractivity contribution in [3.63, 3.8) is 0 Å². The number of hydrogen-bond donors (Lipinski definition) is 0. The quantitative estimate of drug-likeness (QED) is 0.438. The van der Waals surface area contributed by atoms with Gasteiger partial charge in [0.2, 0.25) is 5.95 Å². The zero-order valence-corrected chi connectivity index (χ0v) is 19.0. The van der Waals surface area contributed by atoms with E-state index in [4.69, 9.17) is 24.4 Å². The van der Waals surface area contributed by atoms with Crippen LogP contribution in [0, 0.1) is 5.41 Å². The lowest BCUT2D eigenvalue weighted by Gasteiger charge is -2.39. The highest BCUT2D eigenvalue weighted by Crippen LogP contribution is 2.44. The molecule has 0 N–H and O–H groups in total. The molecule has 32 heavy (non-hydrogen) atoms. The number of rotatable bonds is 3. The SMILES string of the molecule is [B]c1ccnc2c1CC1(CCN(c3ncc(Sc4ccncc4Cl)c4nccn34)CC1)C2. The van der Waals surface area contributed by atoms with Crippen LogP contribution in [0.25, 0.3) is 5.65 Å². The van der Waals surface area contributed by atoms with Gasteiger partial charge in [-0.3, -0.25) is 14.4 Å². The number of halogens is 1. The Morgan fingerprint density at radius 2 is 1.84 bits per heavy atom. The van der Waals surface area contributed by atoms with Crippen LogP contribution in [-0.2, 0) is 12.8 Å². The Morgan fingerprint density at radius 3 is 2.66 bits per heavy atom. The summed E-state index contributed by atoms with van der Waals surface area (Å²) < 4.78 is 2.08. The van der Waals surface area contributed by atoms with Crippen molar-refractivity contribution in [2.24, 2.45) is 5.41 Å². The minimum atomic E-state index is 0.267. The third-order valence-corrected chi connectivity index (χ3v) is 8.21. The maximum absolute atomic E-state index is 6.30. The Labute approximate surface area is 196 Å². The number of imidazole rings is 1. The van der Waals surface area contributed by atoms with Gasteiger partial charge in [0.25, 0.3) is 0 Å². The summed E-state index contributed by atoms with van der Waals surface area (Å²) in [6.45, 7) is 1.91. The molecule has 1 saturated heterocycles. The standard InChI is InChI=1S/C23H20BClN6S/c24-16-1-6-27-18-12-23(11-15(16)18)3-8-30(9-4-23)22-29-14-20(21-28-7-10-31(21)22)32-19-2-5-26-13-17(19)25/h1-2,5-7,10,13-14H,3-4,8-9,11-12H2. The maximum Gasteiger partial charge on any atom is 0.211 e. The van der Waals surface area contributed by atoms with Crippen LogP contribution in [0.1, 0.15) is 24.1 Å². The number of fused-ring (bicyclic) bond motifs is 2. The summed E-state index contributed by atoms with van der Waals surface area (Å²) >= 11 is 7.86. The lowest BCUT2D eigenvalue weighted by atomic mass is 9.75. The molecule has 1 aliphatic heterocycles. The molecule has 1 spiro atoms. The van der Waals surface area contributed by atoms with Crippen LogP contribution < -0.4 is 10.4 Å². The number of nitrogens with zero attached hydrogens (tertiary/aromatic N) is 6. The van der Waals surface area contributed by atoms with Gasteiger partial charge >= 0.3 is 0 Å². The number of anilines is 1. The van der Waals surface area contributed by atoms with E-state index in [9.17, 15) is 0 Å². The first-order valence-corrected chi connectivity index (χ1v) is 11.9. The van der Waals surface area contributed by atoms with E-state index in [1.807, 2.05) is 36.9 Å². The van der Waals surface area contributed by atoms with Crippen LogP contribution in [0.15, 0.2) is 59.1 Å². The first kappa shape index (κ1) is 20.1. The zero-order chi connectivity index (χ0) is 21.7. The first-order valence-electron chi connectivity index (χ1n) is 10.7. The second kappa shape index (κ2) is 7.78. The molecule has 2 aliphatic rings. The Bertz CT molecular complexity index is 1320. The second-order valence-electron chi connectivity index (χ2n) is 8.62. The summed E-state index contributed by atoms with van der Waals surface area (Å²) in [4.78, 5) is 22.4. The Balaban J connectivity index is 1.24. The van der Waals surface area contributed by atoms with Crippen LogP contribution in [0.4, 0.5) is 5.95 Å². The fourth-order valence-electron chi connectivity index (χ4n) is 4.99. The second-order valence-corrected chi connectivity index (χ2v) is 10.1. The van der Waals surface area contributed by atoms with Crippen molar-refractivity contribution in [3.05, 3.63) is 65.6 Å². The van der Waals surface area contributed by atoms with Gasteiger partial charge in [0, 0.05) is 60.9 Å². The van der Waals surface area contributed by atoms with Gasteiger partial charge < -0.3 is 4.90 Å². The number of pyridine rings is 2. The Kier molecular flexibility index (Phi) is 4.88. The lowest BCUT2D eigenvalue weighted by molar-refractivity contribution is 0.230. The third-order valence-electron chi connectivity index (χ3n) is 6.71. The van der Waals surface area contributed by atoms with E-state index >= 15 is 0 Å². The van der Waals surface area contributed by atoms with Gasteiger partial charge in [-0.2, -0.15) is 0 Å². The van der Waals surface area contributed by atoms with Crippen molar-refractivity contribution in [1.29, 1.82) is 0 Å². The zero-order valence-electron chi connectivity index (χ0n) is 17.4. The Hall–Kier alpha value is -2.58. The van der Waals surface area contributed by atoms with E-state index in [-0.39, 0.29) is 5.41 Å². The number of aromatic nitrogens is 5. The van der Waals surface area contributed by atoms with E-state index in [2.05, 4.69) is 24.3 Å². The van der Waals surface area contributed by atoms with Crippen molar-refractivity contribution >= 4 is 48.3 Å². The summed E-state index contributed by atoms with van der Waals surface area (Å²) in [5, 5.41) is 0.625. The van der Waals surface area contributed by atoms with Gasteiger partial charge in [-0.1, -0.05) is 34.9 Å². The van der Waals surface area contributed by atoms with E-state index in [0.717, 1.165) is 65.6 Å². The first-order chi connectivity index (χ1) is 15.6. The smallest absolute Gasteiger partial charge is 0.211 e. The van der Waals surface area contributed by atoms with Gasteiger partial charge in [-0.25, -0.2) is 9.97 Å². The molecule has 6 nitrogen and oxygen atoms in total. The average Bonchev–Trinajstić information content (AvgIpc) is 3.43. The Morgan fingerprint density at radius 1 is 0.969 bits per heavy atom. The summed E-state index contributed by atoms with van der Waals surface area (Å²) in [6, 6.07) is 3.83. The molecule has 2 radical (unpaired) electrons. The van der Waals surface area contributed by atoms with Gasteiger partial charge in [0.15, 0.2) is 5.65 Å². The van der Waals surface area contributed by atoms with Crippen molar-refractivity contribution in [2.45, 2.75) is 35.5 Å². The molecular formula is C23H20BClN6S. The maximum atomic E-state index is 6.30. The molecular weight excluding hydrogens is 439 g/mol. The van der Waals surface area contributed by atoms with Crippen molar-refractivity contribution in [2.75, 3.05) is 18.0 Å². The van der Waals surface area contributed by atoms with E-state index in [0.29, 0.717) is 5.02 Å². The predicted octanol–water partition coefficient (Wildman–Crippen LogP) is 3.50. The van der Waals surface area contributed by atoms with Gasteiger partial charge in [-0.15, -0.1) is 0 Å². The van der Waals surface area contributed by atoms with Crippen molar-refractivity contribution in [3.8, 4) is 0 Å². The summed E-state index contributed by atoms with van der Waals surface area (Å²) in [7, 11) is 6.22. The highest BCUT2D eigenvalue weighted by atomic mass is 35.5. The molecule has 0 atom stereocenters. The van der Waals surface area contributed by atoms with E-state index in [1.54, 1.807) is 24.2 Å². The number of piperidine rings is 1. The normalized spacial score (nSPS) is 17.2. The molecule has 0 saturated carbocycles. The minimum Gasteiger partial charge on any atom is -0.342 e. The topological polar surface area (TPSA) is 59.2 Å². The molecule has 0 unspecified atom stereocenters. The molecule has 9 heteroatoms. The third kappa shape index (κ3) is 3.37. The van der Waals surface area contributed by atoms with Crippen LogP contribution in [0.2, 0.25) is 5.02 Å². The average molecular weight is 459 g/mol. The van der Waals surface area contributed by atoms with E-state index in [1.165, 1.54) is 11.3 Å². The summed E-state index contributed by atoms with van der Waals surface area (Å²) in [5.41, 5.74) is 4.48. The molecule has 4 aromatic rings. The fraction of sp³-hybridized carbons (Fsp3) is 0.304. The molecule has 0 amide bonds. The van der Waals surface area contributed by atoms with Gasteiger partial charge in [0.1, 0.15) is 7.85 Å². The van der Waals surface area contributed by atoms with Crippen LogP contribution in [-0.4, -0.2) is 45.3 Å². The molecule has 158 valence electrons. The van der Waals surface area contributed by atoms with Crippen LogP contribution in [0.3, 0.4) is 0 Å². The molecule has 0 aromatic carbocycles. The van der Waals surface area contributed by atoms with Crippen molar-refractivity contribution < 1.29 is 0 Å². The highest BCUT2D eigenvalue weighted by molar-refractivity contribution is 7.99. The predicted molar refractivity (Wildman–Crippen MR) is 127 cm³/mol.